The van der Waals surface area contributed by atoms with Gasteiger partial charge in [-0.1, -0.05) is 33.1 Å². The molecule has 0 rings (SSSR count). The van der Waals surface area contributed by atoms with Crippen LogP contribution in [0.2, 0.25) is 0 Å². The third-order valence-corrected chi connectivity index (χ3v) is 2.46. The quantitative estimate of drug-likeness (QED) is 0.667. The summed E-state index contributed by atoms with van der Waals surface area (Å²) in [5, 5.41) is 3.58. The normalized spacial score (nSPS) is 14.5. The van der Waals surface area contributed by atoms with Crippen molar-refractivity contribution in [3.63, 3.8) is 0 Å². The first-order chi connectivity index (χ1) is 5.99. The molecule has 0 aromatic carbocycles. The second kappa shape index (κ2) is 6.42. The van der Waals surface area contributed by atoms with Crippen LogP contribution in [0.3, 0.4) is 0 Å². The van der Waals surface area contributed by atoms with Gasteiger partial charge in [-0.3, -0.25) is 0 Å². The monoisotopic (exact) mass is 185 g/mol. The van der Waals surface area contributed by atoms with Gasteiger partial charge in [0.25, 0.3) is 0 Å². The molecule has 1 unspecified atom stereocenters. The summed E-state index contributed by atoms with van der Waals surface area (Å²) >= 11 is 0. The number of unbranched alkanes of at least 4 members (excludes halogenated alkanes) is 1. The van der Waals surface area contributed by atoms with E-state index in [1.54, 1.807) is 0 Å². The van der Waals surface area contributed by atoms with Gasteiger partial charge in [-0.25, -0.2) is 0 Å². The van der Waals surface area contributed by atoms with Gasteiger partial charge in [-0.15, -0.1) is 0 Å². The average molecular weight is 185 g/mol. The van der Waals surface area contributed by atoms with E-state index in [2.05, 4.69) is 39.9 Å². The summed E-state index contributed by atoms with van der Waals surface area (Å²) in [7, 11) is 0. The highest BCUT2D eigenvalue weighted by Crippen LogP contribution is 2.12. The Bertz CT molecular complexity index is 113. The van der Waals surface area contributed by atoms with Crippen LogP contribution in [0.1, 0.15) is 60.3 Å². The molecule has 0 saturated heterocycles. The van der Waals surface area contributed by atoms with Crippen LogP contribution < -0.4 is 5.32 Å². The third-order valence-electron chi connectivity index (χ3n) is 2.46. The van der Waals surface area contributed by atoms with Crippen LogP contribution in [0.4, 0.5) is 0 Å². The zero-order valence-corrected chi connectivity index (χ0v) is 10.1. The highest BCUT2D eigenvalue weighted by atomic mass is 14.9. The maximum atomic E-state index is 3.58. The van der Waals surface area contributed by atoms with Gasteiger partial charge < -0.3 is 5.32 Å². The smallest absolute Gasteiger partial charge is 0.00966 e. The molecule has 0 fully saturated rings. The van der Waals surface area contributed by atoms with Crippen molar-refractivity contribution >= 4 is 0 Å². The van der Waals surface area contributed by atoms with Crippen molar-refractivity contribution in [3.05, 3.63) is 0 Å². The van der Waals surface area contributed by atoms with Gasteiger partial charge in [0, 0.05) is 5.54 Å². The van der Waals surface area contributed by atoms with Crippen LogP contribution in [0.15, 0.2) is 0 Å². The Morgan fingerprint density at radius 3 is 2.15 bits per heavy atom. The van der Waals surface area contributed by atoms with Crippen molar-refractivity contribution in [1.82, 2.24) is 5.32 Å². The molecule has 0 aliphatic heterocycles. The molecule has 1 atom stereocenters. The lowest BCUT2D eigenvalue weighted by atomic mass is 9.98. The van der Waals surface area contributed by atoms with E-state index in [1.807, 2.05) is 0 Å². The Kier molecular flexibility index (Phi) is 6.40. The molecule has 0 radical (unpaired) electrons. The molecule has 0 aromatic heterocycles. The Morgan fingerprint density at radius 1 is 1.15 bits per heavy atom. The maximum Gasteiger partial charge on any atom is 0.00966 e. The molecule has 13 heavy (non-hydrogen) atoms. The summed E-state index contributed by atoms with van der Waals surface area (Å²) in [6.07, 6.45) is 5.40. The molecule has 0 aromatic rings. The zero-order chi connectivity index (χ0) is 10.3. The van der Waals surface area contributed by atoms with Gasteiger partial charge in [0.1, 0.15) is 0 Å². The Labute approximate surface area is 84.3 Å². The predicted octanol–water partition coefficient (Wildman–Crippen LogP) is 3.59. The fourth-order valence-electron chi connectivity index (χ4n) is 1.39. The Balaban J connectivity index is 3.59. The van der Waals surface area contributed by atoms with Crippen molar-refractivity contribution in [2.75, 3.05) is 6.54 Å². The molecule has 0 amide bonds. The van der Waals surface area contributed by atoms with Gasteiger partial charge in [-0.2, -0.15) is 0 Å². The summed E-state index contributed by atoms with van der Waals surface area (Å²) in [4.78, 5) is 0. The maximum absolute atomic E-state index is 3.58. The zero-order valence-electron chi connectivity index (χ0n) is 10.1. The van der Waals surface area contributed by atoms with E-state index >= 15 is 0 Å². The van der Waals surface area contributed by atoms with Gasteiger partial charge in [0.2, 0.25) is 0 Å². The minimum absolute atomic E-state index is 0.277. The number of hydrogen-bond donors (Lipinski definition) is 1. The number of nitrogens with one attached hydrogen (secondary N) is 1. The van der Waals surface area contributed by atoms with E-state index in [0.29, 0.717) is 0 Å². The molecule has 1 heteroatoms. The molecular formula is C12H27N. The summed E-state index contributed by atoms with van der Waals surface area (Å²) in [6.45, 7) is 12.5. The van der Waals surface area contributed by atoms with Gasteiger partial charge in [-0.05, 0) is 39.7 Å². The fourth-order valence-corrected chi connectivity index (χ4v) is 1.39. The topological polar surface area (TPSA) is 12.0 Å². The standard InChI is InChI=1S/C12H27N/c1-6-8-9-11(7-2)10-13-12(3,4)5/h11,13H,6-10H2,1-5H3. The minimum Gasteiger partial charge on any atom is -0.312 e. The Morgan fingerprint density at radius 2 is 1.77 bits per heavy atom. The van der Waals surface area contributed by atoms with E-state index in [1.165, 1.54) is 32.2 Å². The molecule has 0 aliphatic carbocycles. The third kappa shape index (κ3) is 8.29. The van der Waals surface area contributed by atoms with Crippen molar-refractivity contribution in [3.8, 4) is 0 Å². The number of rotatable bonds is 6. The SMILES string of the molecule is CCCCC(CC)CNC(C)(C)C. The van der Waals surface area contributed by atoms with Crippen LogP contribution in [0, 0.1) is 5.92 Å². The molecule has 80 valence electrons. The van der Waals surface area contributed by atoms with Crippen LogP contribution in [-0.4, -0.2) is 12.1 Å². The highest BCUT2D eigenvalue weighted by molar-refractivity contribution is 4.72. The lowest BCUT2D eigenvalue weighted by Crippen LogP contribution is -2.39. The fraction of sp³-hybridized carbons (Fsp3) is 1.00. The first-order valence-electron chi connectivity index (χ1n) is 5.74. The average Bonchev–Trinajstić information content (AvgIpc) is 2.03. The van der Waals surface area contributed by atoms with Crippen LogP contribution in [-0.2, 0) is 0 Å². The summed E-state index contributed by atoms with van der Waals surface area (Å²) in [6, 6.07) is 0. The van der Waals surface area contributed by atoms with E-state index < -0.39 is 0 Å². The van der Waals surface area contributed by atoms with E-state index in [0.717, 1.165) is 5.92 Å². The molecule has 0 bridgehead atoms. The van der Waals surface area contributed by atoms with Crippen molar-refractivity contribution < 1.29 is 0 Å². The predicted molar refractivity (Wildman–Crippen MR) is 61.1 cm³/mol. The number of hydrogen-bond acceptors (Lipinski definition) is 1. The lowest BCUT2D eigenvalue weighted by Gasteiger charge is -2.24. The van der Waals surface area contributed by atoms with Crippen molar-refractivity contribution in [1.29, 1.82) is 0 Å². The summed E-state index contributed by atoms with van der Waals surface area (Å²) in [5.41, 5.74) is 0.277. The largest absolute Gasteiger partial charge is 0.312 e. The first kappa shape index (κ1) is 13.0. The van der Waals surface area contributed by atoms with Gasteiger partial charge in [0.05, 0.1) is 0 Å². The Hall–Kier alpha value is -0.0400. The second-order valence-corrected chi connectivity index (χ2v) is 5.05. The van der Waals surface area contributed by atoms with Crippen LogP contribution in [0.5, 0.6) is 0 Å². The molecule has 0 aliphatic rings. The lowest BCUT2D eigenvalue weighted by molar-refractivity contribution is 0.347. The van der Waals surface area contributed by atoms with Crippen LogP contribution in [0.25, 0.3) is 0 Å². The second-order valence-electron chi connectivity index (χ2n) is 5.05. The molecular weight excluding hydrogens is 158 g/mol. The highest BCUT2D eigenvalue weighted by Gasteiger charge is 2.12. The van der Waals surface area contributed by atoms with E-state index in [9.17, 15) is 0 Å². The van der Waals surface area contributed by atoms with E-state index in [-0.39, 0.29) is 5.54 Å². The molecule has 0 spiro atoms. The molecule has 0 heterocycles. The van der Waals surface area contributed by atoms with Gasteiger partial charge in [0.15, 0.2) is 0 Å². The molecule has 1 N–H and O–H groups in total. The molecule has 0 saturated carbocycles. The van der Waals surface area contributed by atoms with Crippen LogP contribution >= 0.6 is 0 Å². The summed E-state index contributed by atoms with van der Waals surface area (Å²) in [5.74, 6) is 0.874. The first-order valence-corrected chi connectivity index (χ1v) is 5.74. The van der Waals surface area contributed by atoms with E-state index in [4.69, 9.17) is 0 Å². The molecule has 1 nitrogen and oxygen atoms in total. The van der Waals surface area contributed by atoms with Crippen molar-refractivity contribution in [2.45, 2.75) is 65.8 Å². The van der Waals surface area contributed by atoms with Gasteiger partial charge >= 0.3 is 0 Å². The summed E-state index contributed by atoms with van der Waals surface area (Å²) < 4.78 is 0. The van der Waals surface area contributed by atoms with Crippen molar-refractivity contribution in [2.24, 2.45) is 5.92 Å². The minimum atomic E-state index is 0.277.